The number of carboxylic acid groups (broad SMARTS) is 1. The van der Waals surface area contributed by atoms with E-state index in [0.717, 1.165) is 5.56 Å². The number of carboxylic acids is 1. The van der Waals surface area contributed by atoms with Crippen molar-refractivity contribution in [2.75, 3.05) is 0 Å². The van der Waals surface area contributed by atoms with Gasteiger partial charge in [-0.2, -0.15) is 0 Å². The maximum atomic E-state index is 10.9. The molecule has 74 valence electrons. The van der Waals surface area contributed by atoms with Crippen LogP contribution < -0.4 is 5.32 Å². The topological polar surface area (TPSA) is 79.3 Å². The van der Waals surface area contributed by atoms with Gasteiger partial charge < -0.3 is 10.4 Å². The molecule has 1 amide bonds. The van der Waals surface area contributed by atoms with E-state index in [1.165, 1.54) is 0 Å². The monoisotopic (exact) mass is 194 g/mol. The molecule has 0 saturated heterocycles. The average Bonchev–Trinajstić information content (AvgIpc) is 2.15. The van der Waals surface area contributed by atoms with E-state index in [9.17, 15) is 9.59 Å². The van der Waals surface area contributed by atoms with Gasteiger partial charge in [-0.3, -0.25) is 14.6 Å². The van der Waals surface area contributed by atoms with Crippen LogP contribution in [0.1, 0.15) is 12.0 Å². The van der Waals surface area contributed by atoms with Crippen LogP contribution >= 0.6 is 0 Å². The summed E-state index contributed by atoms with van der Waals surface area (Å²) in [4.78, 5) is 24.9. The van der Waals surface area contributed by atoms with Crippen molar-refractivity contribution >= 4 is 11.9 Å². The largest absolute Gasteiger partial charge is 0.481 e. The molecule has 0 atom stereocenters. The molecule has 0 fully saturated rings. The second-order valence-electron chi connectivity index (χ2n) is 2.70. The lowest BCUT2D eigenvalue weighted by molar-refractivity contribution is -0.140. The third kappa shape index (κ3) is 3.66. The molecule has 0 aliphatic carbocycles. The fraction of sp³-hybridized carbons (Fsp3) is 0.222. The van der Waals surface area contributed by atoms with Gasteiger partial charge in [-0.1, -0.05) is 0 Å². The number of aliphatic carboxylic acids is 1. The van der Waals surface area contributed by atoms with E-state index >= 15 is 0 Å². The molecule has 0 radical (unpaired) electrons. The quantitative estimate of drug-likeness (QED) is 0.670. The zero-order valence-corrected chi connectivity index (χ0v) is 7.43. The Morgan fingerprint density at radius 3 is 2.57 bits per heavy atom. The lowest BCUT2D eigenvalue weighted by Gasteiger charge is -2.02. The lowest BCUT2D eigenvalue weighted by atomic mass is 10.2. The Balaban J connectivity index is 2.34. The number of nitrogens with zero attached hydrogens (tertiary/aromatic N) is 1. The zero-order chi connectivity index (χ0) is 10.4. The van der Waals surface area contributed by atoms with Gasteiger partial charge in [0, 0.05) is 18.9 Å². The van der Waals surface area contributed by atoms with Gasteiger partial charge in [-0.25, -0.2) is 0 Å². The highest BCUT2D eigenvalue weighted by Gasteiger charge is 2.06. The molecule has 2 N–H and O–H groups in total. The maximum absolute atomic E-state index is 10.9. The van der Waals surface area contributed by atoms with Crippen molar-refractivity contribution in [1.82, 2.24) is 10.3 Å². The summed E-state index contributed by atoms with van der Waals surface area (Å²) in [7, 11) is 0. The summed E-state index contributed by atoms with van der Waals surface area (Å²) in [6.07, 6.45) is 2.72. The van der Waals surface area contributed by atoms with E-state index < -0.39 is 18.3 Å². The number of hydrogen-bond donors (Lipinski definition) is 2. The van der Waals surface area contributed by atoms with E-state index in [4.69, 9.17) is 5.11 Å². The van der Waals surface area contributed by atoms with Gasteiger partial charge >= 0.3 is 5.97 Å². The Morgan fingerprint density at radius 1 is 1.36 bits per heavy atom. The summed E-state index contributed by atoms with van der Waals surface area (Å²) in [6, 6.07) is 3.50. The van der Waals surface area contributed by atoms with Crippen molar-refractivity contribution in [2.45, 2.75) is 13.0 Å². The molecule has 0 aromatic carbocycles. The molecule has 0 bridgehead atoms. The molecule has 0 aliphatic rings. The summed E-state index contributed by atoms with van der Waals surface area (Å²) < 4.78 is 0. The van der Waals surface area contributed by atoms with E-state index in [1.807, 2.05) is 0 Å². The molecule has 1 heterocycles. The van der Waals surface area contributed by atoms with Crippen LogP contribution in [0.5, 0.6) is 0 Å². The zero-order valence-electron chi connectivity index (χ0n) is 7.43. The van der Waals surface area contributed by atoms with Crippen molar-refractivity contribution in [1.29, 1.82) is 0 Å². The van der Waals surface area contributed by atoms with Crippen LogP contribution in [0.15, 0.2) is 24.5 Å². The number of nitrogens with one attached hydrogen (secondary N) is 1. The maximum Gasteiger partial charge on any atom is 0.312 e. The molecule has 0 spiro atoms. The van der Waals surface area contributed by atoms with Gasteiger partial charge in [0.15, 0.2) is 0 Å². The van der Waals surface area contributed by atoms with Crippen LogP contribution in [0.25, 0.3) is 0 Å². The minimum Gasteiger partial charge on any atom is -0.481 e. The molecule has 1 aromatic heterocycles. The standard InChI is InChI=1S/C9H10N2O3/c12-8(5-9(13)14)11-6-7-1-3-10-4-2-7/h1-4H,5-6H2,(H,11,12)(H,13,14). The molecule has 0 aliphatic heterocycles. The van der Waals surface area contributed by atoms with Crippen LogP contribution in [-0.2, 0) is 16.1 Å². The van der Waals surface area contributed by atoms with Gasteiger partial charge in [0.2, 0.25) is 5.91 Å². The summed E-state index contributed by atoms with van der Waals surface area (Å²) in [5, 5.41) is 10.8. The van der Waals surface area contributed by atoms with Gasteiger partial charge in [0.05, 0.1) is 0 Å². The second-order valence-corrected chi connectivity index (χ2v) is 2.70. The van der Waals surface area contributed by atoms with Gasteiger partial charge in [0.25, 0.3) is 0 Å². The number of carbonyl (C=O) groups is 2. The number of pyridine rings is 1. The average molecular weight is 194 g/mol. The normalized spacial score (nSPS) is 9.43. The fourth-order valence-electron chi connectivity index (χ4n) is 0.901. The van der Waals surface area contributed by atoms with Crippen molar-refractivity contribution in [3.8, 4) is 0 Å². The summed E-state index contributed by atoms with van der Waals surface area (Å²) in [5.41, 5.74) is 0.888. The molecular weight excluding hydrogens is 184 g/mol. The Hall–Kier alpha value is -1.91. The van der Waals surface area contributed by atoms with Crippen LogP contribution in [0.4, 0.5) is 0 Å². The lowest BCUT2D eigenvalue weighted by Crippen LogP contribution is -2.24. The summed E-state index contributed by atoms with van der Waals surface area (Å²) >= 11 is 0. The third-order valence-corrected chi connectivity index (χ3v) is 1.55. The molecule has 0 saturated carbocycles. The molecule has 5 nitrogen and oxygen atoms in total. The SMILES string of the molecule is O=C(O)CC(=O)NCc1ccncc1. The summed E-state index contributed by atoms with van der Waals surface area (Å²) in [6.45, 7) is 0.328. The van der Waals surface area contributed by atoms with Gasteiger partial charge in [-0.05, 0) is 17.7 Å². The molecular formula is C9H10N2O3. The van der Waals surface area contributed by atoms with Crippen LogP contribution in [0, 0.1) is 0 Å². The predicted octanol–water partition coefficient (Wildman–Crippen LogP) is 0.172. The fourth-order valence-corrected chi connectivity index (χ4v) is 0.901. The minimum absolute atomic E-state index is 0.328. The van der Waals surface area contributed by atoms with Crippen molar-refractivity contribution < 1.29 is 14.7 Å². The number of rotatable bonds is 4. The predicted molar refractivity (Wildman–Crippen MR) is 48.3 cm³/mol. The Kier molecular flexibility index (Phi) is 3.60. The Labute approximate surface area is 80.8 Å². The van der Waals surface area contributed by atoms with Crippen molar-refractivity contribution in [3.05, 3.63) is 30.1 Å². The molecule has 0 unspecified atom stereocenters. The molecule has 1 aromatic rings. The molecule has 1 rings (SSSR count). The number of aromatic nitrogens is 1. The molecule has 5 heteroatoms. The van der Waals surface area contributed by atoms with Crippen molar-refractivity contribution in [2.24, 2.45) is 0 Å². The third-order valence-electron chi connectivity index (χ3n) is 1.55. The minimum atomic E-state index is -1.13. The van der Waals surface area contributed by atoms with E-state index in [1.54, 1.807) is 24.5 Å². The highest BCUT2D eigenvalue weighted by atomic mass is 16.4. The first-order valence-electron chi connectivity index (χ1n) is 4.06. The van der Waals surface area contributed by atoms with Crippen LogP contribution in [0.3, 0.4) is 0 Å². The smallest absolute Gasteiger partial charge is 0.312 e. The number of amides is 1. The van der Waals surface area contributed by atoms with Gasteiger partial charge in [-0.15, -0.1) is 0 Å². The first-order valence-corrected chi connectivity index (χ1v) is 4.06. The van der Waals surface area contributed by atoms with E-state index in [-0.39, 0.29) is 0 Å². The number of carbonyl (C=O) groups excluding carboxylic acids is 1. The highest BCUT2D eigenvalue weighted by molar-refractivity contribution is 5.93. The first-order chi connectivity index (χ1) is 6.68. The Morgan fingerprint density at radius 2 is 2.00 bits per heavy atom. The van der Waals surface area contributed by atoms with E-state index in [0.29, 0.717) is 6.54 Å². The molecule has 14 heavy (non-hydrogen) atoms. The van der Waals surface area contributed by atoms with Gasteiger partial charge in [0.1, 0.15) is 6.42 Å². The van der Waals surface area contributed by atoms with Crippen LogP contribution in [-0.4, -0.2) is 22.0 Å². The van der Waals surface area contributed by atoms with E-state index in [2.05, 4.69) is 10.3 Å². The Bertz CT molecular complexity index is 324. The van der Waals surface area contributed by atoms with Crippen molar-refractivity contribution in [3.63, 3.8) is 0 Å². The van der Waals surface area contributed by atoms with Crippen LogP contribution in [0.2, 0.25) is 0 Å². The highest BCUT2D eigenvalue weighted by Crippen LogP contribution is 1.94. The first kappa shape index (κ1) is 10.2. The number of hydrogen-bond acceptors (Lipinski definition) is 3. The second kappa shape index (κ2) is 4.96. The summed E-state index contributed by atoms with van der Waals surface area (Å²) in [5.74, 6) is -1.62.